The van der Waals surface area contributed by atoms with Crippen molar-refractivity contribution in [3.8, 4) is 0 Å². The number of carbonyl (C=O) groups is 1. The minimum atomic E-state index is -0.541. The highest BCUT2D eigenvalue weighted by Crippen LogP contribution is 2.11. The number of fused-ring (bicyclic) bond motifs is 1. The SMILES string of the molecule is CCCn1nc2n(c1=O)CCN(C(=O)C(C)Cl)C2. The van der Waals surface area contributed by atoms with Gasteiger partial charge < -0.3 is 4.90 Å². The van der Waals surface area contributed by atoms with E-state index in [4.69, 9.17) is 11.6 Å². The average Bonchev–Trinajstić information content (AvgIpc) is 2.65. The van der Waals surface area contributed by atoms with Gasteiger partial charge in [0, 0.05) is 19.6 Å². The molecule has 1 unspecified atom stereocenters. The van der Waals surface area contributed by atoms with Crippen LogP contribution in [0.25, 0.3) is 0 Å². The molecule has 0 spiro atoms. The van der Waals surface area contributed by atoms with E-state index in [0.717, 1.165) is 6.42 Å². The van der Waals surface area contributed by atoms with Crippen LogP contribution in [0.2, 0.25) is 0 Å². The summed E-state index contributed by atoms with van der Waals surface area (Å²) in [7, 11) is 0. The number of aromatic nitrogens is 3. The zero-order valence-electron chi connectivity index (χ0n) is 10.6. The number of alkyl halides is 1. The van der Waals surface area contributed by atoms with Crippen molar-refractivity contribution in [2.75, 3.05) is 6.54 Å². The molecule has 2 rings (SSSR count). The van der Waals surface area contributed by atoms with E-state index in [1.807, 2.05) is 6.92 Å². The zero-order valence-corrected chi connectivity index (χ0v) is 11.4. The van der Waals surface area contributed by atoms with Gasteiger partial charge >= 0.3 is 5.69 Å². The lowest BCUT2D eigenvalue weighted by atomic mass is 10.3. The van der Waals surface area contributed by atoms with Crippen LogP contribution in [0.4, 0.5) is 0 Å². The Kier molecular flexibility index (Phi) is 3.75. The van der Waals surface area contributed by atoms with Gasteiger partial charge in [-0.1, -0.05) is 6.92 Å². The van der Waals surface area contributed by atoms with Gasteiger partial charge in [-0.15, -0.1) is 11.6 Å². The number of nitrogens with zero attached hydrogens (tertiary/aromatic N) is 4. The van der Waals surface area contributed by atoms with E-state index in [1.54, 1.807) is 16.4 Å². The third-order valence-corrected chi connectivity index (χ3v) is 3.20. The van der Waals surface area contributed by atoms with Gasteiger partial charge in [0.2, 0.25) is 5.91 Å². The molecule has 0 aromatic carbocycles. The summed E-state index contributed by atoms with van der Waals surface area (Å²) in [4.78, 5) is 25.4. The van der Waals surface area contributed by atoms with E-state index in [2.05, 4.69) is 5.10 Å². The number of halogens is 1. The molecule has 6 nitrogen and oxygen atoms in total. The second-order valence-electron chi connectivity index (χ2n) is 4.45. The van der Waals surface area contributed by atoms with Crippen molar-refractivity contribution in [2.45, 2.75) is 45.3 Å². The quantitative estimate of drug-likeness (QED) is 0.750. The van der Waals surface area contributed by atoms with Crippen LogP contribution in [0.15, 0.2) is 4.79 Å². The molecule has 1 amide bonds. The third-order valence-electron chi connectivity index (χ3n) is 3.01. The molecule has 7 heteroatoms. The van der Waals surface area contributed by atoms with Crippen LogP contribution in [0.3, 0.4) is 0 Å². The Bertz CT molecular complexity index is 506. The van der Waals surface area contributed by atoms with Gasteiger partial charge in [0.15, 0.2) is 5.82 Å². The zero-order chi connectivity index (χ0) is 13.3. The normalized spacial score (nSPS) is 16.5. The smallest absolute Gasteiger partial charge is 0.332 e. The molecule has 100 valence electrons. The van der Waals surface area contributed by atoms with Gasteiger partial charge in [0.1, 0.15) is 5.38 Å². The van der Waals surface area contributed by atoms with Crippen molar-refractivity contribution in [3.05, 3.63) is 16.3 Å². The number of hydrogen-bond donors (Lipinski definition) is 0. The van der Waals surface area contributed by atoms with E-state index in [-0.39, 0.29) is 11.6 Å². The Hall–Kier alpha value is -1.30. The third kappa shape index (κ3) is 2.29. The minimum Gasteiger partial charge on any atom is -0.332 e. The van der Waals surface area contributed by atoms with Crippen LogP contribution in [0.5, 0.6) is 0 Å². The molecule has 2 heterocycles. The molecule has 1 aliphatic rings. The van der Waals surface area contributed by atoms with Gasteiger partial charge in [0.05, 0.1) is 6.54 Å². The summed E-state index contributed by atoms with van der Waals surface area (Å²) >= 11 is 5.79. The first-order valence-electron chi connectivity index (χ1n) is 6.14. The van der Waals surface area contributed by atoms with Crippen molar-refractivity contribution in [1.82, 2.24) is 19.2 Å². The van der Waals surface area contributed by atoms with Crippen LogP contribution in [-0.2, 0) is 24.4 Å². The molecule has 1 aliphatic heterocycles. The van der Waals surface area contributed by atoms with E-state index in [1.165, 1.54) is 4.68 Å². The van der Waals surface area contributed by atoms with Gasteiger partial charge in [-0.2, -0.15) is 5.10 Å². The van der Waals surface area contributed by atoms with Crippen LogP contribution in [-0.4, -0.2) is 37.1 Å². The molecule has 1 atom stereocenters. The van der Waals surface area contributed by atoms with Crippen LogP contribution in [0, 0.1) is 0 Å². The van der Waals surface area contributed by atoms with Gasteiger partial charge in [-0.3, -0.25) is 9.36 Å². The summed E-state index contributed by atoms with van der Waals surface area (Å²) in [6, 6.07) is 0. The number of aryl methyl sites for hydroxylation is 1. The fourth-order valence-corrected chi connectivity index (χ4v) is 2.23. The lowest BCUT2D eigenvalue weighted by Crippen LogP contribution is -2.43. The highest BCUT2D eigenvalue weighted by atomic mass is 35.5. The van der Waals surface area contributed by atoms with Crippen molar-refractivity contribution in [2.24, 2.45) is 0 Å². The molecule has 0 fully saturated rings. The molecule has 1 aromatic heterocycles. The molecular formula is C11H17ClN4O2. The summed E-state index contributed by atoms with van der Waals surface area (Å²) in [5, 5.41) is 3.72. The van der Waals surface area contributed by atoms with Crippen LogP contribution < -0.4 is 5.69 Å². The van der Waals surface area contributed by atoms with E-state index < -0.39 is 5.38 Å². The van der Waals surface area contributed by atoms with Crippen molar-refractivity contribution in [1.29, 1.82) is 0 Å². The first-order chi connectivity index (χ1) is 8.54. The topological polar surface area (TPSA) is 60.1 Å². The molecule has 0 aliphatic carbocycles. The standard InChI is InChI=1S/C11H17ClN4O2/c1-3-4-16-11(18)15-6-5-14(7-9(15)13-16)10(17)8(2)12/h8H,3-7H2,1-2H3. The maximum atomic E-state index is 11.9. The molecule has 0 bridgehead atoms. The fourth-order valence-electron chi connectivity index (χ4n) is 2.10. The summed E-state index contributed by atoms with van der Waals surface area (Å²) in [5.41, 5.74) is -0.0853. The molecule has 0 N–H and O–H groups in total. The van der Waals surface area contributed by atoms with E-state index in [9.17, 15) is 9.59 Å². The van der Waals surface area contributed by atoms with E-state index in [0.29, 0.717) is 32.0 Å². The molecular weight excluding hydrogens is 256 g/mol. The number of carbonyl (C=O) groups excluding carboxylic acids is 1. The maximum absolute atomic E-state index is 11.9. The summed E-state index contributed by atoms with van der Waals surface area (Å²) in [5.74, 6) is 0.533. The molecule has 0 radical (unpaired) electrons. The van der Waals surface area contributed by atoms with Crippen LogP contribution >= 0.6 is 11.6 Å². The lowest BCUT2D eigenvalue weighted by molar-refractivity contribution is -0.132. The Morgan fingerprint density at radius 3 is 2.83 bits per heavy atom. The highest BCUT2D eigenvalue weighted by molar-refractivity contribution is 6.30. The van der Waals surface area contributed by atoms with Crippen molar-refractivity contribution < 1.29 is 4.79 Å². The second-order valence-corrected chi connectivity index (χ2v) is 5.10. The summed E-state index contributed by atoms with van der Waals surface area (Å²) < 4.78 is 3.10. The first kappa shape index (κ1) is 13.1. The van der Waals surface area contributed by atoms with Crippen LogP contribution in [0.1, 0.15) is 26.1 Å². The van der Waals surface area contributed by atoms with E-state index >= 15 is 0 Å². The van der Waals surface area contributed by atoms with Crippen molar-refractivity contribution in [3.63, 3.8) is 0 Å². The minimum absolute atomic E-state index is 0.0853. The Morgan fingerprint density at radius 1 is 1.50 bits per heavy atom. The van der Waals surface area contributed by atoms with Gasteiger partial charge in [-0.25, -0.2) is 9.48 Å². The first-order valence-corrected chi connectivity index (χ1v) is 6.57. The number of amides is 1. The Balaban J connectivity index is 2.22. The van der Waals surface area contributed by atoms with Gasteiger partial charge in [-0.05, 0) is 13.3 Å². The second kappa shape index (κ2) is 5.14. The summed E-state index contributed by atoms with van der Waals surface area (Å²) in [6.07, 6.45) is 0.859. The monoisotopic (exact) mass is 272 g/mol. The predicted octanol–water partition coefficient (Wildman–Crippen LogP) is 0.424. The molecule has 0 saturated carbocycles. The fraction of sp³-hybridized carbons (Fsp3) is 0.727. The van der Waals surface area contributed by atoms with Crippen molar-refractivity contribution >= 4 is 17.5 Å². The maximum Gasteiger partial charge on any atom is 0.346 e. The predicted molar refractivity (Wildman–Crippen MR) is 67.5 cm³/mol. The number of rotatable bonds is 3. The lowest BCUT2D eigenvalue weighted by Gasteiger charge is -2.27. The molecule has 18 heavy (non-hydrogen) atoms. The average molecular weight is 273 g/mol. The Morgan fingerprint density at radius 2 is 2.22 bits per heavy atom. The highest BCUT2D eigenvalue weighted by Gasteiger charge is 2.26. The summed E-state index contributed by atoms with van der Waals surface area (Å²) in [6.45, 7) is 5.63. The Labute approximate surface area is 110 Å². The molecule has 1 aromatic rings. The van der Waals surface area contributed by atoms with Gasteiger partial charge in [0.25, 0.3) is 0 Å². The number of hydrogen-bond acceptors (Lipinski definition) is 3. The largest absolute Gasteiger partial charge is 0.346 e. The molecule has 0 saturated heterocycles.